The molecule has 102 valence electrons. The largest absolute Gasteiger partial charge is 0.337 e. The van der Waals surface area contributed by atoms with E-state index in [-0.39, 0.29) is 24.4 Å². The molecule has 2 aliphatic rings. The van der Waals surface area contributed by atoms with Crippen molar-refractivity contribution in [2.75, 3.05) is 13.6 Å². The Morgan fingerprint density at radius 1 is 1.30 bits per heavy atom. The number of amides is 1. The highest BCUT2D eigenvalue weighted by Gasteiger charge is 2.33. The predicted octanol–water partition coefficient (Wildman–Crippen LogP) is 2.63. The number of benzene rings is 1. The number of hydrogen-bond acceptors (Lipinski definition) is 2. The van der Waals surface area contributed by atoms with Crippen LogP contribution >= 0.6 is 11.6 Å². The summed E-state index contributed by atoms with van der Waals surface area (Å²) in [4.78, 5) is 18.3. The highest BCUT2D eigenvalue weighted by atomic mass is 35.5. The quantitative estimate of drug-likeness (QED) is 0.781. The van der Waals surface area contributed by atoms with Gasteiger partial charge < -0.3 is 4.90 Å². The maximum atomic E-state index is 12.1. The van der Waals surface area contributed by atoms with E-state index in [0.29, 0.717) is 5.03 Å². The molecule has 1 aliphatic heterocycles. The van der Waals surface area contributed by atoms with Gasteiger partial charge in [-0.15, -0.1) is 0 Å². The van der Waals surface area contributed by atoms with E-state index >= 15 is 0 Å². The Hall–Kier alpha value is -1.87. The van der Waals surface area contributed by atoms with Gasteiger partial charge in [-0.05, 0) is 11.6 Å². The number of likely N-dealkylation sites (N-methyl/N-ethyl adjacent to an activating group) is 1. The number of allylic oxidation sites excluding steroid dienone is 2. The number of rotatable bonds is 1. The lowest BCUT2D eigenvalue weighted by molar-refractivity contribution is -0.129. The SMILES string of the molecule is CN1C(=O)CN=C(c2ccccc2)[C@@H]2C=C(Cl)C=C[C@H]21. The number of hydrogen-bond donors (Lipinski definition) is 0. The average Bonchev–Trinajstić information content (AvgIpc) is 2.58. The first kappa shape index (κ1) is 13.1. The zero-order valence-electron chi connectivity index (χ0n) is 11.2. The number of fused-ring (bicyclic) bond motifs is 1. The fraction of sp³-hybridized carbons (Fsp3) is 0.250. The zero-order valence-corrected chi connectivity index (χ0v) is 11.9. The summed E-state index contributed by atoms with van der Waals surface area (Å²) in [6, 6.07) is 9.95. The van der Waals surface area contributed by atoms with Crippen molar-refractivity contribution in [3.05, 3.63) is 59.2 Å². The molecule has 0 saturated heterocycles. The van der Waals surface area contributed by atoms with E-state index in [1.807, 2.05) is 55.6 Å². The average molecular weight is 287 g/mol. The van der Waals surface area contributed by atoms with Crippen LogP contribution in [-0.4, -0.2) is 36.2 Å². The smallest absolute Gasteiger partial charge is 0.244 e. The molecule has 0 unspecified atom stereocenters. The molecule has 1 aliphatic carbocycles. The van der Waals surface area contributed by atoms with Crippen LogP contribution in [0.15, 0.2) is 58.6 Å². The molecule has 3 rings (SSSR count). The van der Waals surface area contributed by atoms with E-state index in [4.69, 9.17) is 11.6 Å². The third-order valence-corrected chi connectivity index (χ3v) is 4.02. The number of aliphatic imine (C=N–C) groups is 1. The minimum Gasteiger partial charge on any atom is -0.337 e. The summed E-state index contributed by atoms with van der Waals surface area (Å²) in [5.41, 5.74) is 1.97. The first-order chi connectivity index (χ1) is 9.66. The zero-order chi connectivity index (χ0) is 14.1. The molecule has 0 spiro atoms. The Labute approximate surface area is 123 Å². The number of nitrogens with zero attached hydrogens (tertiary/aromatic N) is 2. The fourth-order valence-corrected chi connectivity index (χ4v) is 2.88. The highest BCUT2D eigenvalue weighted by molar-refractivity contribution is 6.31. The molecule has 0 N–H and O–H groups in total. The molecule has 0 fully saturated rings. The second kappa shape index (κ2) is 5.25. The van der Waals surface area contributed by atoms with Crippen LogP contribution in [0.25, 0.3) is 0 Å². The number of carbonyl (C=O) groups is 1. The minimum atomic E-state index is -0.0218. The van der Waals surface area contributed by atoms with Crippen LogP contribution in [0, 0.1) is 5.92 Å². The van der Waals surface area contributed by atoms with Crippen LogP contribution in [0.1, 0.15) is 5.56 Å². The third-order valence-electron chi connectivity index (χ3n) is 3.77. The van der Waals surface area contributed by atoms with Gasteiger partial charge in [0, 0.05) is 18.0 Å². The van der Waals surface area contributed by atoms with Crippen LogP contribution in [0.3, 0.4) is 0 Å². The molecule has 4 heteroatoms. The normalized spacial score (nSPS) is 25.7. The van der Waals surface area contributed by atoms with E-state index < -0.39 is 0 Å². The van der Waals surface area contributed by atoms with Crippen LogP contribution in [0.2, 0.25) is 0 Å². The van der Waals surface area contributed by atoms with Crippen molar-refractivity contribution >= 4 is 23.2 Å². The van der Waals surface area contributed by atoms with Crippen molar-refractivity contribution < 1.29 is 4.79 Å². The Morgan fingerprint density at radius 3 is 2.80 bits per heavy atom. The molecule has 0 bridgehead atoms. The summed E-state index contributed by atoms with van der Waals surface area (Å²) in [6.45, 7) is 0.188. The monoisotopic (exact) mass is 286 g/mol. The first-order valence-corrected chi connectivity index (χ1v) is 6.95. The molecule has 1 aromatic carbocycles. The summed E-state index contributed by atoms with van der Waals surface area (Å²) < 4.78 is 0. The van der Waals surface area contributed by atoms with Gasteiger partial charge >= 0.3 is 0 Å². The molecule has 0 aromatic heterocycles. The van der Waals surface area contributed by atoms with Gasteiger partial charge in [0.25, 0.3) is 0 Å². The van der Waals surface area contributed by atoms with Crippen molar-refractivity contribution in [3.63, 3.8) is 0 Å². The maximum Gasteiger partial charge on any atom is 0.244 e. The first-order valence-electron chi connectivity index (χ1n) is 6.58. The van der Waals surface area contributed by atoms with E-state index in [2.05, 4.69) is 4.99 Å². The van der Waals surface area contributed by atoms with Crippen LogP contribution in [0.5, 0.6) is 0 Å². The summed E-state index contributed by atoms with van der Waals surface area (Å²) in [7, 11) is 1.82. The highest BCUT2D eigenvalue weighted by Crippen LogP contribution is 2.28. The van der Waals surface area contributed by atoms with Crippen molar-refractivity contribution in [3.8, 4) is 0 Å². The van der Waals surface area contributed by atoms with Gasteiger partial charge in [0.1, 0.15) is 6.54 Å². The third kappa shape index (κ3) is 2.29. The lowest BCUT2D eigenvalue weighted by Gasteiger charge is -2.31. The van der Waals surface area contributed by atoms with Gasteiger partial charge in [-0.2, -0.15) is 0 Å². The minimum absolute atomic E-state index is 0.00588. The summed E-state index contributed by atoms with van der Waals surface area (Å²) >= 11 is 6.14. The molecule has 3 nitrogen and oxygen atoms in total. The lowest BCUT2D eigenvalue weighted by Crippen LogP contribution is -2.42. The standard InChI is InChI=1S/C16H15ClN2O/c1-19-14-8-7-12(17)9-13(14)16(18-10-15(19)20)11-5-3-2-4-6-11/h2-9,13-14H,10H2,1H3/t13-,14-/m1/s1. The molecule has 2 atom stereocenters. The summed E-state index contributed by atoms with van der Waals surface area (Å²) in [5, 5.41) is 0.692. The molecule has 0 saturated carbocycles. The van der Waals surface area contributed by atoms with Crippen molar-refractivity contribution in [1.82, 2.24) is 4.90 Å². The van der Waals surface area contributed by atoms with E-state index in [0.717, 1.165) is 11.3 Å². The Bertz CT molecular complexity index is 619. The van der Waals surface area contributed by atoms with E-state index in [1.54, 1.807) is 4.90 Å². The second-order valence-corrected chi connectivity index (χ2v) is 5.44. The summed E-state index contributed by atoms with van der Waals surface area (Å²) in [6.07, 6.45) is 5.81. The topological polar surface area (TPSA) is 32.7 Å². The van der Waals surface area contributed by atoms with Gasteiger partial charge in [0.05, 0.1) is 11.8 Å². The van der Waals surface area contributed by atoms with Gasteiger partial charge in [-0.1, -0.05) is 54.1 Å². The van der Waals surface area contributed by atoms with Gasteiger partial charge in [0.2, 0.25) is 5.91 Å². The molecular formula is C16H15ClN2O. The lowest BCUT2D eigenvalue weighted by atomic mass is 9.86. The van der Waals surface area contributed by atoms with Gasteiger partial charge in [-0.25, -0.2) is 0 Å². The van der Waals surface area contributed by atoms with E-state index in [1.165, 1.54) is 0 Å². The van der Waals surface area contributed by atoms with Gasteiger partial charge in [-0.3, -0.25) is 9.79 Å². The molecule has 1 amide bonds. The molecule has 20 heavy (non-hydrogen) atoms. The maximum absolute atomic E-state index is 12.1. The van der Waals surface area contributed by atoms with Crippen molar-refractivity contribution in [2.45, 2.75) is 6.04 Å². The molecule has 1 heterocycles. The molecular weight excluding hydrogens is 272 g/mol. The number of carbonyl (C=O) groups excluding carboxylic acids is 1. The Morgan fingerprint density at radius 2 is 2.05 bits per heavy atom. The Balaban J connectivity index is 2.08. The molecule has 1 aromatic rings. The summed E-state index contributed by atoms with van der Waals surface area (Å²) in [5.74, 6) is 0.0355. The van der Waals surface area contributed by atoms with Crippen molar-refractivity contribution in [2.24, 2.45) is 10.9 Å². The van der Waals surface area contributed by atoms with Crippen LogP contribution in [0.4, 0.5) is 0 Å². The van der Waals surface area contributed by atoms with E-state index in [9.17, 15) is 4.79 Å². The van der Waals surface area contributed by atoms with Gasteiger partial charge in [0.15, 0.2) is 0 Å². The Kier molecular flexibility index (Phi) is 3.45. The molecule has 0 radical (unpaired) electrons. The van der Waals surface area contributed by atoms with Crippen LogP contribution in [-0.2, 0) is 4.79 Å². The number of halogens is 1. The fourth-order valence-electron chi connectivity index (χ4n) is 2.68. The van der Waals surface area contributed by atoms with Crippen molar-refractivity contribution in [1.29, 1.82) is 0 Å². The predicted molar refractivity (Wildman–Crippen MR) is 81.0 cm³/mol. The van der Waals surface area contributed by atoms with Crippen LogP contribution < -0.4 is 0 Å². The second-order valence-electron chi connectivity index (χ2n) is 5.00.